The van der Waals surface area contributed by atoms with Gasteiger partial charge in [-0.25, -0.2) is 0 Å². The van der Waals surface area contributed by atoms with Gasteiger partial charge in [-0.2, -0.15) is 0 Å². The highest BCUT2D eigenvalue weighted by atomic mass is 16.2. The number of hydrogen-bond acceptors (Lipinski definition) is 2. The Kier molecular flexibility index (Phi) is 4.10. The van der Waals surface area contributed by atoms with Crippen molar-refractivity contribution < 1.29 is 4.79 Å². The molecule has 1 atom stereocenters. The zero-order chi connectivity index (χ0) is 19.1. The van der Waals surface area contributed by atoms with E-state index in [-0.39, 0.29) is 18.0 Å². The molecule has 3 nitrogen and oxygen atoms in total. The second-order valence-electron chi connectivity index (χ2n) is 7.52. The lowest BCUT2D eigenvalue weighted by molar-refractivity contribution is -0.126. The predicted molar refractivity (Wildman–Crippen MR) is 114 cm³/mol. The van der Waals surface area contributed by atoms with Gasteiger partial charge in [0.25, 0.3) is 0 Å². The largest absolute Gasteiger partial charge is 0.328 e. The van der Waals surface area contributed by atoms with E-state index >= 15 is 0 Å². The standard InChI is InChI=1S/C25H22N2O/c1-27-23(28)16-26-25(27)24(21-12-10-17-6-2-4-8-19(17)14-21)22-13-11-18-7-3-5-9-20(18)15-22/h2-15,24-26H,16H2,1H3. The fourth-order valence-corrected chi connectivity index (χ4v) is 4.31. The van der Waals surface area contributed by atoms with Gasteiger partial charge in [0, 0.05) is 13.0 Å². The summed E-state index contributed by atoms with van der Waals surface area (Å²) in [4.78, 5) is 14.1. The van der Waals surface area contributed by atoms with E-state index in [1.54, 1.807) is 0 Å². The topological polar surface area (TPSA) is 32.3 Å². The van der Waals surface area contributed by atoms with Crippen LogP contribution in [0.4, 0.5) is 0 Å². The summed E-state index contributed by atoms with van der Waals surface area (Å²) in [6.45, 7) is 0.388. The van der Waals surface area contributed by atoms with E-state index in [0.29, 0.717) is 6.54 Å². The summed E-state index contributed by atoms with van der Waals surface area (Å²) in [6.07, 6.45) is -0.0603. The van der Waals surface area contributed by atoms with Crippen LogP contribution in [0.25, 0.3) is 21.5 Å². The van der Waals surface area contributed by atoms with Gasteiger partial charge in [-0.1, -0.05) is 84.9 Å². The molecule has 3 heteroatoms. The SMILES string of the molecule is CN1C(=O)CNC1C(c1ccc2ccccc2c1)c1ccc2ccccc2c1. The van der Waals surface area contributed by atoms with E-state index in [2.05, 4.69) is 90.2 Å². The van der Waals surface area contributed by atoms with Crippen molar-refractivity contribution in [1.29, 1.82) is 0 Å². The summed E-state index contributed by atoms with van der Waals surface area (Å²) in [5.74, 6) is 0.197. The number of fused-ring (bicyclic) bond motifs is 2. The smallest absolute Gasteiger partial charge is 0.237 e. The first-order valence-electron chi connectivity index (χ1n) is 9.67. The van der Waals surface area contributed by atoms with Gasteiger partial charge in [-0.3, -0.25) is 10.1 Å². The molecule has 0 bridgehead atoms. The summed E-state index contributed by atoms with van der Waals surface area (Å²) >= 11 is 0. The minimum absolute atomic E-state index is 0.0603. The van der Waals surface area contributed by atoms with Crippen LogP contribution in [-0.2, 0) is 4.79 Å². The number of nitrogens with zero attached hydrogens (tertiary/aromatic N) is 1. The van der Waals surface area contributed by atoms with Crippen molar-refractivity contribution >= 4 is 27.5 Å². The molecule has 0 aliphatic carbocycles. The normalized spacial score (nSPS) is 17.1. The van der Waals surface area contributed by atoms with Gasteiger partial charge < -0.3 is 4.90 Å². The summed E-state index contributed by atoms with van der Waals surface area (Å²) < 4.78 is 0. The number of rotatable bonds is 3. The molecule has 1 N–H and O–H groups in total. The molecule has 5 rings (SSSR count). The van der Waals surface area contributed by atoms with Crippen molar-refractivity contribution in [3.8, 4) is 0 Å². The molecule has 1 heterocycles. The summed E-state index contributed by atoms with van der Waals surface area (Å²) in [7, 11) is 1.89. The Hall–Kier alpha value is -3.17. The minimum Gasteiger partial charge on any atom is -0.328 e. The molecule has 1 aliphatic heterocycles. The Bertz CT molecular complexity index is 1100. The molecular weight excluding hydrogens is 344 g/mol. The lowest BCUT2D eigenvalue weighted by atomic mass is 9.86. The summed E-state index contributed by atoms with van der Waals surface area (Å²) in [5, 5.41) is 8.32. The van der Waals surface area contributed by atoms with Crippen LogP contribution in [0.5, 0.6) is 0 Å². The van der Waals surface area contributed by atoms with Crippen molar-refractivity contribution in [3.63, 3.8) is 0 Å². The van der Waals surface area contributed by atoms with E-state index in [0.717, 1.165) is 0 Å². The maximum atomic E-state index is 12.2. The second kappa shape index (κ2) is 6.77. The average Bonchev–Trinajstić information content (AvgIpc) is 3.06. The first-order chi connectivity index (χ1) is 13.7. The van der Waals surface area contributed by atoms with Gasteiger partial charge in [-0.15, -0.1) is 0 Å². The van der Waals surface area contributed by atoms with Crippen LogP contribution in [0.3, 0.4) is 0 Å². The van der Waals surface area contributed by atoms with Gasteiger partial charge in [-0.05, 0) is 32.7 Å². The number of likely N-dealkylation sites (N-methyl/N-ethyl adjacent to an activating group) is 1. The number of amides is 1. The van der Waals surface area contributed by atoms with Crippen molar-refractivity contribution in [3.05, 3.63) is 96.1 Å². The van der Waals surface area contributed by atoms with Gasteiger partial charge >= 0.3 is 0 Å². The van der Waals surface area contributed by atoms with Crippen LogP contribution in [0.1, 0.15) is 17.0 Å². The molecule has 4 aromatic carbocycles. The van der Waals surface area contributed by atoms with E-state index in [9.17, 15) is 4.79 Å². The number of carbonyl (C=O) groups is 1. The average molecular weight is 366 g/mol. The van der Waals surface area contributed by atoms with Crippen molar-refractivity contribution in [2.24, 2.45) is 0 Å². The molecule has 1 fully saturated rings. The molecule has 1 saturated heterocycles. The molecule has 28 heavy (non-hydrogen) atoms. The highest BCUT2D eigenvalue weighted by Gasteiger charge is 2.35. The Morgan fingerprint density at radius 2 is 1.29 bits per heavy atom. The van der Waals surface area contributed by atoms with Crippen LogP contribution < -0.4 is 5.32 Å². The highest BCUT2D eigenvalue weighted by molar-refractivity contribution is 5.85. The molecule has 0 saturated carbocycles. The lowest BCUT2D eigenvalue weighted by Crippen LogP contribution is -2.40. The fourth-order valence-electron chi connectivity index (χ4n) is 4.31. The third-order valence-corrected chi connectivity index (χ3v) is 5.85. The van der Waals surface area contributed by atoms with E-state index in [1.165, 1.54) is 32.7 Å². The summed E-state index contributed by atoms with van der Waals surface area (Å²) in [6, 6.07) is 30.1. The molecule has 1 aliphatic rings. The van der Waals surface area contributed by atoms with Crippen LogP contribution in [0.15, 0.2) is 84.9 Å². The first kappa shape index (κ1) is 17.0. The summed E-state index contributed by atoms with van der Waals surface area (Å²) in [5.41, 5.74) is 2.43. The Morgan fingerprint density at radius 3 is 1.75 bits per heavy atom. The van der Waals surface area contributed by atoms with E-state index in [1.807, 2.05) is 11.9 Å². The number of hydrogen-bond donors (Lipinski definition) is 1. The molecule has 1 amide bonds. The lowest BCUT2D eigenvalue weighted by Gasteiger charge is -2.30. The maximum absolute atomic E-state index is 12.2. The van der Waals surface area contributed by atoms with Crippen LogP contribution >= 0.6 is 0 Å². The molecule has 0 radical (unpaired) electrons. The van der Waals surface area contributed by atoms with Crippen LogP contribution in [-0.4, -0.2) is 30.6 Å². The maximum Gasteiger partial charge on any atom is 0.237 e. The number of carbonyl (C=O) groups excluding carboxylic acids is 1. The van der Waals surface area contributed by atoms with E-state index < -0.39 is 0 Å². The van der Waals surface area contributed by atoms with Gasteiger partial charge in [0.05, 0.1) is 12.7 Å². The van der Waals surface area contributed by atoms with Crippen molar-refractivity contribution in [1.82, 2.24) is 10.2 Å². The Labute approximate surface area is 164 Å². The quantitative estimate of drug-likeness (QED) is 0.578. The molecule has 0 spiro atoms. The number of nitrogens with one attached hydrogen (secondary N) is 1. The van der Waals surface area contributed by atoms with Crippen LogP contribution in [0.2, 0.25) is 0 Å². The monoisotopic (exact) mass is 366 g/mol. The fraction of sp³-hybridized carbons (Fsp3) is 0.160. The van der Waals surface area contributed by atoms with Crippen molar-refractivity contribution in [2.75, 3.05) is 13.6 Å². The molecule has 4 aromatic rings. The van der Waals surface area contributed by atoms with Gasteiger partial charge in [0.15, 0.2) is 0 Å². The zero-order valence-corrected chi connectivity index (χ0v) is 15.8. The molecule has 0 aromatic heterocycles. The van der Waals surface area contributed by atoms with Crippen LogP contribution in [0, 0.1) is 0 Å². The molecule has 138 valence electrons. The van der Waals surface area contributed by atoms with E-state index in [4.69, 9.17) is 0 Å². The second-order valence-corrected chi connectivity index (χ2v) is 7.52. The molecular formula is C25H22N2O. The van der Waals surface area contributed by atoms with Gasteiger partial charge in [0.1, 0.15) is 0 Å². The van der Waals surface area contributed by atoms with Gasteiger partial charge in [0.2, 0.25) is 5.91 Å². The first-order valence-corrected chi connectivity index (χ1v) is 9.67. The zero-order valence-electron chi connectivity index (χ0n) is 15.8. The minimum atomic E-state index is -0.0603. The Morgan fingerprint density at radius 1 is 0.786 bits per heavy atom. The Balaban J connectivity index is 1.68. The predicted octanol–water partition coefficient (Wildman–Crippen LogP) is 4.51. The van der Waals surface area contributed by atoms with Crippen molar-refractivity contribution in [2.45, 2.75) is 12.1 Å². The third-order valence-electron chi connectivity index (χ3n) is 5.85. The highest BCUT2D eigenvalue weighted by Crippen LogP contribution is 2.34. The number of benzene rings is 4. The molecule has 1 unspecified atom stereocenters. The third kappa shape index (κ3) is 2.85.